The molecule has 1 aliphatic rings. The maximum Gasteiger partial charge on any atom is 0.472 e. The molecule has 1 aliphatic heterocycles. The summed E-state index contributed by atoms with van der Waals surface area (Å²) in [6, 6.07) is 1.26. The van der Waals surface area contributed by atoms with Gasteiger partial charge >= 0.3 is 13.5 Å². The van der Waals surface area contributed by atoms with E-state index in [1.807, 2.05) is 32.1 Å². The molecule has 1 aromatic heterocycles. The average Bonchev–Trinajstić information content (AvgIpc) is 3.24. The zero-order valence-electron chi connectivity index (χ0n) is 23.1. The van der Waals surface area contributed by atoms with Crippen LogP contribution in [0.15, 0.2) is 58.3 Å². The molecule has 0 saturated carbocycles. The minimum atomic E-state index is -4.36. The minimum absolute atomic E-state index is 0.0462. The first-order valence-corrected chi connectivity index (χ1v) is 15.1. The summed E-state index contributed by atoms with van der Waals surface area (Å²) >= 11 is 1.03. The van der Waals surface area contributed by atoms with Crippen LogP contribution in [0.3, 0.4) is 0 Å². The topological polar surface area (TPSA) is 135 Å². The Morgan fingerprint density at radius 2 is 2.05 bits per heavy atom. The number of hydrogen-bond acceptors (Lipinski definition) is 9. The number of aromatic nitrogens is 2. The number of phosphoric acid groups is 1. The van der Waals surface area contributed by atoms with Crippen molar-refractivity contribution in [1.29, 1.82) is 0 Å². The number of hydrogen-bond donors (Lipinski definition) is 1. The number of carbonyl (C=O) groups is 1. The molecule has 1 saturated heterocycles. The van der Waals surface area contributed by atoms with Crippen molar-refractivity contribution in [3.8, 4) is 0 Å². The number of rotatable bonds is 14. The predicted molar refractivity (Wildman–Crippen MR) is 150 cm³/mol. The Morgan fingerprint density at radius 3 is 2.69 bits per heavy atom. The minimum Gasteiger partial charge on any atom is -0.356 e. The molecule has 2 rings (SSSR count). The van der Waals surface area contributed by atoms with Crippen molar-refractivity contribution in [2.24, 2.45) is 11.3 Å². The highest BCUT2D eigenvalue weighted by Gasteiger charge is 2.36. The molecule has 0 aromatic carbocycles. The molecule has 39 heavy (non-hydrogen) atoms. The Labute approximate surface area is 233 Å². The molecule has 0 bridgehead atoms. The van der Waals surface area contributed by atoms with Crippen LogP contribution in [0, 0.1) is 11.3 Å². The Kier molecular flexibility index (Phi) is 12.8. The molecule has 1 N–H and O–H groups in total. The second kappa shape index (κ2) is 15.1. The lowest BCUT2D eigenvalue weighted by molar-refractivity contribution is -0.117. The quantitative estimate of drug-likeness (QED) is 0.193. The lowest BCUT2D eigenvalue weighted by Gasteiger charge is -2.20. The standard InChI is InChI=1S/C26H39N2O9PS/c1-7-9-10-20(8-2)16-34-18-28-22(29)11-12-27(25(28)31)23-19(3)15-21(37-23)17-36-38(32,33)35-13-14-39-24(30)26(4,5)6/h7-12,19,21,23H,2,13-18H2,1,3-6H3,(H,32,33)/b9-7-,20-10+. The number of ether oxygens (including phenoxy) is 2. The van der Waals surface area contributed by atoms with Gasteiger partial charge in [-0.25, -0.2) is 13.9 Å². The maximum absolute atomic E-state index is 13.1. The fourth-order valence-electron chi connectivity index (χ4n) is 3.58. The third kappa shape index (κ3) is 10.5. The lowest BCUT2D eigenvalue weighted by atomic mass is 10.00. The van der Waals surface area contributed by atoms with Crippen LogP contribution in [-0.4, -0.2) is 50.8 Å². The Hall–Kier alpha value is -2.05. The van der Waals surface area contributed by atoms with E-state index in [2.05, 4.69) is 6.58 Å². The first kappa shape index (κ1) is 33.2. The predicted octanol–water partition coefficient (Wildman–Crippen LogP) is 4.04. The van der Waals surface area contributed by atoms with Gasteiger partial charge in [0.25, 0.3) is 5.56 Å². The molecular weight excluding hydrogens is 547 g/mol. The molecule has 11 nitrogen and oxygen atoms in total. The molecule has 218 valence electrons. The van der Waals surface area contributed by atoms with E-state index in [-0.39, 0.29) is 43.3 Å². The van der Waals surface area contributed by atoms with Crippen LogP contribution >= 0.6 is 19.6 Å². The van der Waals surface area contributed by atoms with Crippen molar-refractivity contribution >= 4 is 24.7 Å². The molecule has 0 aliphatic carbocycles. The molecule has 1 aromatic rings. The van der Waals surface area contributed by atoms with Crippen molar-refractivity contribution < 1.29 is 32.8 Å². The molecule has 13 heteroatoms. The third-order valence-electron chi connectivity index (χ3n) is 5.68. The number of allylic oxidation sites excluding steroid dienone is 3. The van der Waals surface area contributed by atoms with Crippen LogP contribution in [0.1, 0.15) is 47.3 Å². The maximum atomic E-state index is 13.1. The van der Waals surface area contributed by atoms with Gasteiger partial charge in [-0.1, -0.05) is 70.3 Å². The highest BCUT2D eigenvalue weighted by Crippen LogP contribution is 2.45. The van der Waals surface area contributed by atoms with Crippen molar-refractivity contribution in [2.75, 3.05) is 25.6 Å². The summed E-state index contributed by atoms with van der Waals surface area (Å²) in [5.74, 6) is 0.0601. The highest BCUT2D eigenvalue weighted by molar-refractivity contribution is 8.13. The van der Waals surface area contributed by atoms with E-state index < -0.39 is 36.8 Å². The van der Waals surface area contributed by atoms with Gasteiger partial charge in [-0.15, -0.1) is 0 Å². The van der Waals surface area contributed by atoms with Crippen molar-refractivity contribution in [3.05, 3.63) is 69.6 Å². The van der Waals surface area contributed by atoms with E-state index in [0.29, 0.717) is 6.42 Å². The Balaban J connectivity index is 1.95. The highest BCUT2D eigenvalue weighted by atomic mass is 32.2. The molecule has 4 unspecified atom stereocenters. The third-order valence-corrected chi connectivity index (χ3v) is 7.91. The van der Waals surface area contributed by atoms with E-state index in [1.54, 1.807) is 26.8 Å². The van der Waals surface area contributed by atoms with Crippen LogP contribution in [0.5, 0.6) is 0 Å². The van der Waals surface area contributed by atoms with Crippen LogP contribution in [0.4, 0.5) is 0 Å². The van der Waals surface area contributed by atoms with Gasteiger partial charge in [0, 0.05) is 29.3 Å². The molecule has 0 spiro atoms. The van der Waals surface area contributed by atoms with Crippen LogP contribution in [0.25, 0.3) is 0 Å². The van der Waals surface area contributed by atoms with Gasteiger partial charge < -0.3 is 14.4 Å². The summed E-state index contributed by atoms with van der Waals surface area (Å²) in [6.07, 6.45) is 7.65. The smallest absolute Gasteiger partial charge is 0.356 e. The van der Waals surface area contributed by atoms with E-state index in [1.165, 1.54) is 16.8 Å². The average molecular weight is 587 g/mol. The number of phosphoric ester groups is 1. The second-order valence-electron chi connectivity index (χ2n) is 10.1. The summed E-state index contributed by atoms with van der Waals surface area (Å²) in [6.45, 7) is 12.4. The van der Waals surface area contributed by atoms with Gasteiger partial charge in [0.15, 0.2) is 5.12 Å². The summed E-state index contributed by atoms with van der Waals surface area (Å²) in [4.78, 5) is 47.3. The van der Waals surface area contributed by atoms with E-state index in [9.17, 15) is 23.8 Å². The molecule has 1 fully saturated rings. The second-order valence-corrected chi connectivity index (χ2v) is 12.6. The van der Waals surface area contributed by atoms with E-state index >= 15 is 0 Å². The molecule has 2 heterocycles. The fourth-order valence-corrected chi connectivity index (χ4v) is 5.24. The van der Waals surface area contributed by atoms with Crippen molar-refractivity contribution in [2.45, 2.75) is 60.1 Å². The summed E-state index contributed by atoms with van der Waals surface area (Å²) < 4.78 is 36.1. The first-order chi connectivity index (χ1) is 18.3. The first-order valence-electron chi connectivity index (χ1n) is 12.6. The zero-order chi connectivity index (χ0) is 29.2. The van der Waals surface area contributed by atoms with Gasteiger partial charge in [-0.3, -0.25) is 23.2 Å². The van der Waals surface area contributed by atoms with E-state index in [0.717, 1.165) is 21.9 Å². The Bertz CT molecular complexity index is 1220. The summed E-state index contributed by atoms with van der Waals surface area (Å²) in [5, 5.41) is -0.0462. The molecule has 0 radical (unpaired) electrons. The lowest BCUT2D eigenvalue weighted by Crippen LogP contribution is -2.41. The van der Waals surface area contributed by atoms with Gasteiger partial charge in [0.05, 0.1) is 25.9 Å². The Morgan fingerprint density at radius 1 is 1.33 bits per heavy atom. The van der Waals surface area contributed by atoms with Gasteiger partial charge in [-0.05, 0) is 18.9 Å². The summed E-state index contributed by atoms with van der Waals surface area (Å²) in [5.41, 5.74) is -0.843. The van der Waals surface area contributed by atoms with Crippen LogP contribution < -0.4 is 11.2 Å². The van der Waals surface area contributed by atoms with Gasteiger partial charge in [0.1, 0.15) is 13.0 Å². The summed E-state index contributed by atoms with van der Waals surface area (Å²) in [7, 11) is -4.36. The van der Waals surface area contributed by atoms with E-state index in [4.69, 9.17) is 18.5 Å². The van der Waals surface area contributed by atoms with Crippen molar-refractivity contribution in [3.63, 3.8) is 0 Å². The number of thioether (sulfide) groups is 1. The van der Waals surface area contributed by atoms with Crippen LogP contribution in [0.2, 0.25) is 0 Å². The van der Waals surface area contributed by atoms with Gasteiger partial charge in [-0.2, -0.15) is 0 Å². The monoisotopic (exact) mass is 586 g/mol. The molecule has 0 amide bonds. The number of nitrogens with zero attached hydrogens (tertiary/aromatic N) is 2. The van der Waals surface area contributed by atoms with Crippen LogP contribution in [-0.2, 0) is 34.6 Å². The van der Waals surface area contributed by atoms with Gasteiger partial charge in [0.2, 0.25) is 0 Å². The van der Waals surface area contributed by atoms with Crippen molar-refractivity contribution in [1.82, 2.24) is 9.13 Å². The molecular formula is C26H39N2O9PS. The zero-order valence-corrected chi connectivity index (χ0v) is 24.8. The largest absolute Gasteiger partial charge is 0.472 e. The fraction of sp³-hybridized carbons (Fsp3) is 0.577. The normalized spacial score (nSPS) is 21.8. The number of carbonyl (C=O) groups excluding carboxylic acids is 1. The SMILES string of the molecule is C=C/C(=C\C=C/C)COCn1c(=O)ccn(C2OC(COP(=O)(O)OCCSC(=O)C(C)(C)C)CC2C)c1=O. The molecule has 4 atom stereocenters.